The lowest BCUT2D eigenvalue weighted by Gasteiger charge is -2.43. The number of carbonyl (C=O) groups excluding carboxylic acids is 1. The van der Waals surface area contributed by atoms with E-state index in [-0.39, 0.29) is 18.1 Å². The Kier molecular flexibility index (Phi) is 5.33. The van der Waals surface area contributed by atoms with E-state index in [4.69, 9.17) is 0 Å². The Bertz CT molecular complexity index is 518. The van der Waals surface area contributed by atoms with Crippen LogP contribution >= 0.6 is 0 Å². The van der Waals surface area contributed by atoms with E-state index in [1.165, 1.54) is 0 Å². The Labute approximate surface area is 137 Å². The molecule has 6 nitrogen and oxygen atoms in total. The lowest BCUT2D eigenvalue weighted by Crippen LogP contribution is -2.53. The van der Waals surface area contributed by atoms with Gasteiger partial charge in [-0.3, -0.25) is 9.48 Å². The van der Waals surface area contributed by atoms with Gasteiger partial charge in [-0.1, -0.05) is 6.92 Å². The molecule has 0 unspecified atom stereocenters. The molecule has 2 heterocycles. The zero-order valence-corrected chi connectivity index (χ0v) is 13.9. The number of hydrogen-bond donors (Lipinski definition) is 3. The second-order valence-electron chi connectivity index (χ2n) is 6.91. The number of amides is 1. The Morgan fingerprint density at radius 1 is 1.43 bits per heavy atom. The molecule has 1 saturated heterocycles. The first kappa shape index (κ1) is 16.5. The van der Waals surface area contributed by atoms with Crippen molar-refractivity contribution in [1.82, 2.24) is 20.4 Å². The molecule has 3 rings (SSSR count). The summed E-state index contributed by atoms with van der Waals surface area (Å²) in [5, 5.41) is 20.6. The van der Waals surface area contributed by atoms with Crippen molar-refractivity contribution in [3.8, 4) is 0 Å². The van der Waals surface area contributed by atoms with Crippen molar-refractivity contribution in [2.24, 2.45) is 11.8 Å². The fourth-order valence-electron chi connectivity index (χ4n) is 3.89. The molecule has 3 N–H and O–H groups in total. The maximum atomic E-state index is 12.7. The van der Waals surface area contributed by atoms with Crippen LogP contribution in [-0.4, -0.2) is 46.0 Å². The van der Waals surface area contributed by atoms with Crippen LogP contribution in [-0.2, 0) is 6.54 Å². The summed E-state index contributed by atoms with van der Waals surface area (Å²) >= 11 is 0. The van der Waals surface area contributed by atoms with Gasteiger partial charge in [0.15, 0.2) is 0 Å². The fourth-order valence-corrected chi connectivity index (χ4v) is 3.89. The third kappa shape index (κ3) is 3.75. The zero-order valence-electron chi connectivity index (χ0n) is 13.9. The number of carbonyl (C=O) groups is 1. The van der Waals surface area contributed by atoms with E-state index >= 15 is 0 Å². The number of piperidine rings is 1. The van der Waals surface area contributed by atoms with Crippen LogP contribution in [0.25, 0.3) is 0 Å². The smallest absolute Gasteiger partial charge is 0.269 e. The highest BCUT2D eigenvalue weighted by Gasteiger charge is 2.39. The quantitative estimate of drug-likeness (QED) is 0.735. The number of aromatic nitrogens is 2. The summed E-state index contributed by atoms with van der Waals surface area (Å²) in [4.78, 5) is 12.7. The first-order valence-corrected chi connectivity index (χ1v) is 8.90. The summed E-state index contributed by atoms with van der Waals surface area (Å²) in [6, 6.07) is 1.96. The molecule has 1 atom stereocenters. The second kappa shape index (κ2) is 7.45. The molecule has 6 heteroatoms. The van der Waals surface area contributed by atoms with Gasteiger partial charge in [-0.2, -0.15) is 5.10 Å². The molecule has 2 fully saturated rings. The summed E-state index contributed by atoms with van der Waals surface area (Å²) in [5.74, 6) is 0.876. The van der Waals surface area contributed by atoms with Gasteiger partial charge in [-0.25, -0.2) is 0 Å². The van der Waals surface area contributed by atoms with Crippen molar-refractivity contribution in [3.63, 3.8) is 0 Å². The van der Waals surface area contributed by atoms with Gasteiger partial charge in [-0.15, -0.1) is 0 Å². The number of nitrogens with one attached hydrogen (secondary N) is 2. The van der Waals surface area contributed by atoms with Crippen molar-refractivity contribution in [3.05, 3.63) is 18.0 Å². The highest BCUT2D eigenvalue weighted by atomic mass is 16.3. The normalized spacial score (nSPS) is 26.5. The van der Waals surface area contributed by atoms with Gasteiger partial charge in [0.25, 0.3) is 5.91 Å². The Morgan fingerprint density at radius 2 is 2.17 bits per heavy atom. The molecule has 128 valence electrons. The van der Waals surface area contributed by atoms with E-state index in [0.29, 0.717) is 17.5 Å². The van der Waals surface area contributed by atoms with Crippen molar-refractivity contribution in [1.29, 1.82) is 0 Å². The van der Waals surface area contributed by atoms with Gasteiger partial charge >= 0.3 is 0 Å². The van der Waals surface area contributed by atoms with Crippen LogP contribution in [0.3, 0.4) is 0 Å². The predicted molar refractivity (Wildman–Crippen MR) is 88.1 cm³/mol. The molecular formula is C17H28N4O2. The van der Waals surface area contributed by atoms with E-state index in [2.05, 4.69) is 22.7 Å². The predicted octanol–water partition coefficient (Wildman–Crippen LogP) is 1.16. The van der Waals surface area contributed by atoms with Crippen molar-refractivity contribution >= 4 is 5.91 Å². The average molecular weight is 320 g/mol. The number of aliphatic hydroxyl groups excluding tert-OH is 1. The van der Waals surface area contributed by atoms with Crippen LogP contribution in [0.1, 0.15) is 49.5 Å². The third-order valence-electron chi connectivity index (χ3n) is 5.23. The molecule has 1 aromatic heterocycles. The molecule has 0 aromatic carbocycles. The van der Waals surface area contributed by atoms with Crippen molar-refractivity contribution in [2.45, 2.75) is 57.7 Å². The number of nitrogens with zero attached hydrogens (tertiary/aromatic N) is 2. The molecule has 2 aliphatic rings. The molecule has 1 aliphatic carbocycles. The largest absolute Gasteiger partial charge is 0.393 e. The van der Waals surface area contributed by atoms with E-state index in [1.54, 1.807) is 16.9 Å². The fraction of sp³-hybridized carbons (Fsp3) is 0.765. The van der Waals surface area contributed by atoms with Crippen molar-refractivity contribution in [2.75, 3.05) is 13.1 Å². The van der Waals surface area contributed by atoms with Crippen molar-refractivity contribution < 1.29 is 9.90 Å². The topological polar surface area (TPSA) is 79.2 Å². The Morgan fingerprint density at radius 3 is 2.83 bits per heavy atom. The average Bonchev–Trinajstić information content (AvgIpc) is 2.99. The van der Waals surface area contributed by atoms with E-state index in [0.717, 1.165) is 51.7 Å². The summed E-state index contributed by atoms with van der Waals surface area (Å²) in [7, 11) is 0. The van der Waals surface area contributed by atoms with Gasteiger partial charge in [0.1, 0.15) is 5.69 Å². The summed E-state index contributed by atoms with van der Waals surface area (Å²) < 4.78 is 1.78. The molecule has 1 amide bonds. The van der Waals surface area contributed by atoms with Gasteiger partial charge in [-0.05, 0) is 63.1 Å². The molecule has 1 aliphatic heterocycles. The van der Waals surface area contributed by atoms with Crippen LogP contribution in [0.4, 0.5) is 0 Å². The molecular weight excluding hydrogens is 292 g/mol. The minimum absolute atomic E-state index is 0.0270. The summed E-state index contributed by atoms with van der Waals surface area (Å²) in [6.45, 7) is 4.87. The lowest BCUT2D eigenvalue weighted by molar-refractivity contribution is 0.00906. The van der Waals surface area contributed by atoms with Crippen LogP contribution in [0.2, 0.25) is 0 Å². The highest BCUT2D eigenvalue weighted by molar-refractivity contribution is 5.92. The molecule has 1 aromatic rings. The zero-order chi connectivity index (χ0) is 16.2. The molecule has 0 spiro atoms. The molecule has 23 heavy (non-hydrogen) atoms. The number of hydrogen-bond acceptors (Lipinski definition) is 4. The monoisotopic (exact) mass is 320 g/mol. The van der Waals surface area contributed by atoms with Crippen LogP contribution in [0, 0.1) is 11.8 Å². The first-order chi connectivity index (χ1) is 11.2. The lowest BCUT2D eigenvalue weighted by atomic mass is 9.71. The van der Waals surface area contributed by atoms with Gasteiger partial charge in [0, 0.05) is 18.8 Å². The highest BCUT2D eigenvalue weighted by Crippen LogP contribution is 2.35. The number of rotatable bonds is 6. The standard InChI is InChI=1S/C17H28N4O2/c1-2-9-21-15(5-8-19-21)17(23)20-16(13-10-14(22)11-13)12-3-6-18-7-4-12/h5,8,12-14,16,18,22H,2-4,6-7,9-11H2,1H3,(H,20,23)/t13?,14?,16-/m0/s1. The van der Waals surface area contributed by atoms with Crippen LogP contribution in [0.15, 0.2) is 12.3 Å². The van der Waals surface area contributed by atoms with E-state index in [1.807, 2.05) is 0 Å². The SMILES string of the molecule is CCCn1nccc1C(=O)N[C@@H](C1CCNCC1)C1CC(O)C1. The number of aliphatic hydroxyl groups is 1. The molecule has 1 saturated carbocycles. The van der Waals surface area contributed by atoms with Gasteiger partial charge in [0.05, 0.1) is 6.10 Å². The summed E-state index contributed by atoms with van der Waals surface area (Å²) in [5.41, 5.74) is 0.644. The number of aryl methyl sites for hydroxylation is 1. The maximum absolute atomic E-state index is 12.7. The van der Waals surface area contributed by atoms with E-state index in [9.17, 15) is 9.90 Å². The minimum Gasteiger partial charge on any atom is -0.393 e. The van der Waals surface area contributed by atoms with E-state index < -0.39 is 0 Å². The maximum Gasteiger partial charge on any atom is 0.269 e. The second-order valence-corrected chi connectivity index (χ2v) is 6.91. The Hall–Kier alpha value is -1.40. The third-order valence-corrected chi connectivity index (χ3v) is 5.23. The Balaban J connectivity index is 1.69. The van der Waals surface area contributed by atoms with Crippen LogP contribution < -0.4 is 10.6 Å². The minimum atomic E-state index is -0.188. The van der Waals surface area contributed by atoms with Gasteiger partial charge in [0.2, 0.25) is 0 Å². The summed E-state index contributed by atoms with van der Waals surface area (Å²) in [6.07, 6.45) is 6.25. The molecule has 0 bridgehead atoms. The van der Waals surface area contributed by atoms with Gasteiger partial charge < -0.3 is 15.7 Å². The first-order valence-electron chi connectivity index (χ1n) is 8.90. The molecule has 0 radical (unpaired) electrons. The van der Waals surface area contributed by atoms with Crippen LogP contribution in [0.5, 0.6) is 0 Å².